The number of carbonyl (C=O) groups is 2. The van der Waals surface area contributed by atoms with Crippen LogP contribution in [0.2, 0.25) is 0 Å². The highest BCUT2D eigenvalue weighted by molar-refractivity contribution is 5.81. The lowest BCUT2D eigenvalue weighted by Gasteiger charge is -2.35. The largest absolute Gasteiger partial charge is 0.480 e. The van der Waals surface area contributed by atoms with Gasteiger partial charge in [0.05, 0.1) is 12.1 Å². The van der Waals surface area contributed by atoms with Crippen LogP contribution in [0.4, 0.5) is 18.0 Å². The van der Waals surface area contributed by atoms with Crippen molar-refractivity contribution in [3.05, 3.63) is 34.9 Å². The van der Waals surface area contributed by atoms with Crippen LogP contribution in [-0.2, 0) is 28.7 Å². The summed E-state index contributed by atoms with van der Waals surface area (Å²) in [6, 6.07) is 1.95. The van der Waals surface area contributed by atoms with Gasteiger partial charge in [-0.05, 0) is 44.0 Å². The van der Waals surface area contributed by atoms with Gasteiger partial charge in [0.25, 0.3) is 0 Å². The number of alkyl halides is 3. The molecular formula is C16H18F3NO4. The van der Waals surface area contributed by atoms with Crippen molar-refractivity contribution in [2.24, 2.45) is 0 Å². The highest BCUT2D eigenvalue weighted by Gasteiger charge is 2.38. The molecule has 0 spiro atoms. The lowest BCUT2D eigenvalue weighted by molar-refractivity contribution is -0.144. The zero-order chi connectivity index (χ0) is 18.3. The molecule has 0 radical (unpaired) electrons. The maximum absolute atomic E-state index is 12.8. The molecule has 24 heavy (non-hydrogen) atoms. The van der Waals surface area contributed by atoms with Crippen LogP contribution >= 0.6 is 0 Å². The Morgan fingerprint density at radius 2 is 1.83 bits per heavy atom. The molecule has 0 aromatic heterocycles. The molecule has 1 aromatic rings. The molecule has 0 aliphatic carbocycles. The van der Waals surface area contributed by atoms with Crippen LogP contribution < -0.4 is 0 Å². The van der Waals surface area contributed by atoms with E-state index in [4.69, 9.17) is 4.74 Å². The molecule has 5 nitrogen and oxygen atoms in total. The van der Waals surface area contributed by atoms with E-state index in [9.17, 15) is 27.9 Å². The first-order valence-electron chi connectivity index (χ1n) is 7.30. The Balaban J connectivity index is 2.36. The van der Waals surface area contributed by atoms with Crippen molar-refractivity contribution in [1.29, 1.82) is 0 Å². The Morgan fingerprint density at radius 1 is 1.21 bits per heavy atom. The number of rotatable bonds is 1. The van der Waals surface area contributed by atoms with E-state index in [1.165, 1.54) is 6.07 Å². The standard InChI is InChI=1S/C16H18F3NO4/c1-15(2,3)24-14(23)20-8-10-6-11(16(17,18)19)5-4-9(10)7-12(20)13(21)22/h4-6,12H,7-8H2,1-3H3,(H,21,22)/t12-/m0/s1. The van der Waals surface area contributed by atoms with E-state index in [0.29, 0.717) is 5.56 Å². The lowest BCUT2D eigenvalue weighted by atomic mass is 9.92. The summed E-state index contributed by atoms with van der Waals surface area (Å²) in [6.45, 7) is 4.63. The van der Waals surface area contributed by atoms with Crippen LogP contribution in [-0.4, -0.2) is 33.7 Å². The van der Waals surface area contributed by atoms with Crippen molar-refractivity contribution >= 4 is 12.1 Å². The Kier molecular flexibility index (Phi) is 4.52. The van der Waals surface area contributed by atoms with Gasteiger partial charge in [-0.2, -0.15) is 13.2 Å². The fraction of sp³-hybridized carbons (Fsp3) is 0.500. The monoisotopic (exact) mass is 345 g/mol. The fourth-order valence-electron chi connectivity index (χ4n) is 2.49. The van der Waals surface area contributed by atoms with Crippen molar-refractivity contribution in [3.63, 3.8) is 0 Å². The zero-order valence-electron chi connectivity index (χ0n) is 13.5. The minimum absolute atomic E-state index is 0.0674. The summed E-state index contributed by atoms with van der Waals surface area (Å²) in [5.41, 5.74) is -0.920. The van der Waals surface area contributed by atoms with Crippen LogP contribution in [0.5, 0.6) is 0 Å². The van der Waals surface area contributed by atoms with Crippen LogP contribution in [0.3, 0.4) is 0 Å². The van der Waals surface area contributed by atoms with Gasteiger partial charge in [0.15, 0.2) is 0 Å². The Labute approximate surface area is 137 Å². The van der Waals surface area contributed by atoms with Crippen molar-refractivity contribution in [2.75, 3.05) is 0 Å². The van der Waals surface area contributed by atoms with Gasteiger partial charge in [0, 0.05) is 6.42 Å². The van der Waals surface area contributed by atoms with Crippen LogP contribution in [0.1, 0.15) is 37.5 Å². The van der Waals surface area contributed by atoms with E-state index in [0.717, 1.165) is 17.0 Å². The number of amides is 1. The number of carboxylic acids is 1. The predicted octanol–water partition coefficient (Wildman–Crippen LogP) is 3.45. The van der Waals surface area contributed by atoms with E-state index < -0.39 is 35.4 Å². The highest BCUT2D eigenvalue weighted by Crippen LogP contribution is 2.33. The molecule has 2 rings (SSSR count). The van der Waals surface area contributed by atoms with Crippen molar-refractivity contribution in [3.8, 4) is 0 Å². The summed E-state index contributed by atoms with van der Waals surface area (Å²) in [6.07, 6.45) is -5.43. The van der Waals surface area contributed by atoms with Gasteiger partial charge in [-0.1, -0.05) is 6.07 Å². The van der Waals surface area contributed by atoms with E-state index >= 15 is 0 Å². The molecule has 132 valence electrons. The first-order chi connectivity index (χ1) is 10.9. The molecule has 1 amide bonds. The van der Waals surface area contributed by atoms with Crippen LogP contribution in [0, 0.1) is 0 Å². The summed E-state index contributed by atoms with van der Waals surface area (Å²) < 4.78 is 43.7. The minimum atomic E-state index is -4.50. The zero-order valence-corrected chi connectivity index (χ0v) is 13.5. The van der Waals surface area contributed by atoms with Crippen LogP contribution in [0.15, 0.2) is 18.2 Å². The van der Waals surface area contributed by atoms with Crippen molar-refractivity contribution in [1.82, 2.24) is 4.90 Å². The smallest absolute Gasteiger partial charge is 0.416 e. The number of fused-ring (bicyclic) bond motifs is 1. The van der Waals surface area contributed by atoms with Gasteiger partial charge in [-0.15, -0.1) is 0 Å². The molecule has 0 saturated carbocycles. The van der Waals surface area contributed by atoms with Crippen LogP contribution in [0.25, 0.3) is 0 Å². The number of halogens is 3. The Morgan fingerprint density at radius 3 is 2.33 bits per heavy atom. The maximum atomic E-state index is 12.8. The quantitative estimate of drug-likeness (QED) is 0.847. The fourth-order valence-corrected chi connectivity index (χ4v) is 2.49. The molecule has 1 aliphatic rings. The molecule has 1 N–H and O–H groups in total. The minimum Gasteiger partial charge on any atom is -0.480 e. The Hall–Kier alpha value is -2.25. The van der Waals surface area contributed by atoms with Crippen molar-refractivity contribution in [2.45, 2.75) is 51.6 Å². The molecule has 8 heteroatoms. The summed E-state index contributed by atoms with van der Waals surface area (Å²) >= 11 is 0. The Bertz CT molecular complexity index is 664. The summed E-state index contributed by atoms with van der Waals surface area (Å²) in [7, 11) is 0. The van der Waals surface area contributed by atoms with Gasteiger partial charge in [0.1, 0.15) is 11.6 Å². The third kappa shape index (κ3) is 3.98. The van der Waals surface area contributed by atoms with Gasteiger partial charge in [0.2, 0.25) is 0 Å². The molecule has 0 fully saturated rings. The number of benzene rings is 1. The molecule has 0 bridgehead atoms. The third-order valence-electron chi connectivity index (χ3n) is 3.58. The number of aliphatic carboxylic acids is 1. The summed E-state index contributed by atoms with van der Waals surface area (Å²) in [4.78, 5) is 24.6. The second kappa shape index (κ2) is 5.99. The van der Waals surface area contributed by atoms with E-state index in [1.807, 2.05) is 0 Å². The van der Waals surface area contributed by atoms with E-state index in [-0.39, 0.29) is 18.5 Å². The summed E-state index contributed by atoms with van der Waals surface area (Å²) in [5, 5.41) is 9.34. The van der Waals surface area contributed by atoms with Gasteiger partial charge in [-0.3, -0.25) is 4.90 Å². The average Bonchev–Trinajstić information content (AvgIpc) is 2.42. The first kappa shape index (κ1) is 18.1. The normalized spacial score (nSPS) is 18.1. The molecule has 0 saturated heterocycles. The SMILES string of the molecule is CC(C)(C)OC(=O)N1Cc2cc(C(F)(F)F)ccc2C[C@H]1C(=O)O. The second-order valence-electron chi connectivity index (χ2n) is 6.65. The lowest BCUT2D eigenvalue weighted by Crippen LogP contribution is -2.50. The molecular weight excluding hydrogens is 327 g/mol. The molecule has 1 heterocycles. The number of carbonyl (C=O) groups excluding carboxylic acids is 1. The topological polar surface area (TPSA) is 66.8 Å². The summed E-state index contributed by atoms with van der Waals surface area (Å²) in [5.74, 6) is -1.23. The molecule has 1 aromatic carbocycles. The molecule has 1 atom stereocenters. The number of hydrogen-bond donors (Lipinski definition) is 1. The predicted molar refractivity (Wildman–Crippen MR) is 78.3 cm³/mol. The van der Waals surface area contributed by atoms with Gasteiger partial charge in [-0.25, -0.2) is 9.59 Å². The van der Waals surface area contributed by atoms with E-state index in [2.05, 4.69) is 0 Å². The second-order valence-corrected chi connectivity index (χ2v) is 6.65. The number of nitrogens with zero attached hydrogens (tertiary/aromatic N) is 1. The number of carboxylic acid groups (broad SMARTS) is 1. The van der Waals surface area contributed by atoms with Crippen molar-refractivity contribution < 1.29 is 32.6 Å². The highest BCUT2D eigenvalue weighted by atomic mass is 19.4. The number of ether oxygens (including phenoxy) is 1. The number of hydrogen-bond acceptors (Lipinski definition) is 3. The first-order valence-corrected chi connectivity index (χ1v) is 7.30. The molecule has 1 aliphatic heterocycles. The maximum Gasteiger partial charge on any atom is 0.416 e. The third-order valence-corrected chi connectivity index (χ3v) is 3.58. The average molecular weight is 345 g/mol. The van der Waals surface area contributed by atoms with E-state index in [1.54, 1.807) is 20.8 Å². The molecule has 0 unspecified atom stereocenters. The van der Waals surface area contributed by atoms with Gasteiger partial charge >= 0.3 is 18.2 Å². The van der Waals surface area contributed by atoms with Gasteiger partial charge < -0.3 is 9.84 Å².